The fourth-order valence-corrected chi connectivity index (χ4v) is 5.94. The third kappa shape index (κ3) is 3.50. The van der Waals surface area contributed by atoms with Gasteiger partial charge >= 0.3 is 17.3 Å². The van der Waals surface area contributed by atoms with Crippen molar-refractivity contribution in [1.29, 1.82) is 0 Å². The number of para-hydroxylation sites is 2. The molecule has 1 fully saturated rings. The molecule has 0 aliphatic carbocycles. The minimum atomic E-state index is -2.09. The SMILES string of the molecule is COC(=O)[C@H]1N=C(SC(C)C)[C@@]2(n3[nH]c(=O)n(-c4ccccc4)c3=O)C(=O)N(c3ccccc3)C(=O)[C@@H]12. The third-order valence-corrected chi connectivity index (χ3v) is 7.44. The van der Waals surface area contributed by atoms with E-state index in [0.29, 0.717) is 0 Å². The van der Waals surface area contributed by atoms with Crippen molar-refractivity contribution in [2.24, 2.45) is 10.9 Å². The van der Waals surface area contributed by atoms with Crippen molar-refractivity contribution in [3.8, 4) is 5.69 Å². The number of nitrogens with zero attached hydrogens (tertiary/aromatic N) is 4. The van der Waals surface area contributed by atoms with Crippen molar-refractivity contribution in [2.45, 2.75) is 30.7 Å². The molecule has 37 heavy (non-hydrogen) atoms. The fraction of sp³-hybridized carbons (Fsp3) is 0.280. The van der Waals surface area contributed by atoms with E-state index in [1.165, 1.54) is 0 Å². The van der Waals surface area contributed by atoms with Crippen LogP contribution in [0.15, 0.2) is 75.2 Å². The van der Waals surface area contributed by atoms with Crippen LogP contribution in [0.5, 0.6) is 0 Å². The molecular formula is C25H23N5O6S. The van der Waals surface area contributed by atoms with Crippen LogP contribution < -0.4 is 16.3 Å². The summed E-state index contributed by atoms with van der Waals surface area (Å²) in [4.78, 5) is 73.4. The van der Waals surface area contributed by atoms with Crippen LogP contribution in [0.1, 0.15) is 13.8 Å². The number of H-pyrrole nitrogens is 1. The van der Waals surface area contributed by atoms with E-state index in [0.717, 1.165) is 33.0 Å². The van der Waals surface area contributed by atoms with E-state index in [9.17, 15) is 24.0 Å². The molecule has 12 heteroatoms. The molecule has 11 nitrogen and oxygen atoms in total. The number of thioether (sulfide) groups is 1. The molecule has 5 rings (SSSR count). The first kappa shape index (κ1) is 24.5. The summed E-state index contributed by atoms with van der Waals surface area (Å²) in [6, 6.07) is 15.0. The summed E-state index contributed by atoms with van der Waals surface area (Å²) in [5.74, 6) is -3.80. The molecule has 190 valence electrons. The van der Waals surface area contributed by atoms with E-state index in [4.69, 9.17) is 4.74 Å². The van der Waals surface area contributed by atoms with E-state index in [1.807, 2.05) is 13.8 Å². The Kier molecular flexibility index (Phi) is 5.98. The van der Waals surface area contributed by atoms with E-state index in [2.05, 4.69) is 10.1 Å². The molecule has 1 aromatic heterocycles. The molecule has 0 spiro atoms. The second kappa shape index (κ2) is 9.04. The molecule has 0 saturated carbocycles. The molecule has 2 aliphatic heterocycles. The molecule has 3 heterocycles. The molecule has 1 saturated heterocycles. The second-order valence-corrected chi connectivity index (χ2v) is 10.4. The first-order valence-electron chi connectivity index (χ1n) is 11.5. The average Bonchev–Trinajstić information content (AvgIpc) is 3.46. The monoisotopic (exact) mass is 521 g/mol. The number of aliphatic imine (C=N–C) groups is 1. The molecule has 3 aromatic rings. The highest BCUT2D eigenvalue weighted by Gasteiger charge is 2.72. The highest BCUT2D eigenvalue weighted by atomic mass is 32.2. The lowest BCUT2D eigenvalue weighted by molar-refractivity contribution is -0.145. The number of aromatic nitrogens is 3. The first-order valence-corrected chi connectivity index (χ1v) is 12.4. The number of ether oxygens (including phenoxy) is 1. The van der Waals surface area contributed by atoms with Gasteiger partial charge in [0.05, 0.1) is 18.5 Å². The Labute approximate surface area is 214 Å². The van der Waals surface area contributed by atoms with Crippen molar-refractivity contribution >= 4 is 40.3 Å². The highest BCUT2D eigenvalue weighted by Crippen LogP contribution is 2.49. The van der Waals surface area contributed by atoms with Crippen molar-refractivity contribution in [1.82, 2.24) is 14.3 Å². The number of benzene rings is 2. The topological polar surface area (TPSA) is 136 Å². The van der Waals surface area contributed by atoms with Gasteiger partial charge in [0, 0.05) is 5.25 Å². The fourth-order valence-electron chi connectivity index (χ4n) is 4.84. The van der Waals surface area contributed by atoms with Gasteiger partial charge in [-0.05, 0) is 24.3 Å². The van der Waals surface area contributed by atoms with Gasteiger partial charge in [-0.2, -0.15) is 0 Å². The third-order valence-electron chi connectivity index (χ3n) is 6.33. The van der Waals surface area contributed by atoms with Crippen LogP contribution in [0.2, 0.25) is 0 Å². The number of esters is 1. The number of imide groups is 1. The number of amides is 2. The van der Waals surface area contributed by atoms with Crippen molar-refractivity contribution < 1.29 is 19.1 Å². The lowest BCUT2D eigenvalue weighted by Gasteiger charge is -2.28. The van der Waals surface area contributed by atoms with Gasteiger partial charge in [-0.1, -0.05) is 50.2 Å². The van der Waals surface area contributed by atoms with Crippen LogP contribution in [0.25, 0.3) is 5.69 Å². The molecular weight excluding hydrogens is 498 g/mol. The van der Waals surface area contributed by atoms with E-state index >= 15 is 0 Å². The van der Waals surface area contributed by atoms with Gasteiger partial charge < -0.3 is 4.74 Å². The highest BCUT2D eigenvalue weighted by molar-refractivity contribution is 8.14. The molecule has 1 N–H and O–H groups in total. The zero-order valence-electron chi connectivity index (χ0n) is 20.2. The van der Waals surface area contributed by atoms with E-state index in [1.54, 1.807) is 60.7 Å². The van der Waals surface area contributed by atoms with Crippen LogP contribution in [0, 0.1) is 5.92 Å². The normalized spacial score (nSPS) is 22.9. The van der Waals surface area contributed by atoms with E-state index in [-0.39, 0.29) is 21.7 Å². The summed E-state index contributed by atoms with van der Waals surface area (Å²) in [7, 11) is 1.16. The summed E-state index contributed by atoms with van der Waals surface area (Å²) < 4.78 is 6.66. The molecule has 3 atom stereocenters. The number of anilines is 1. The predicted molar refractivity (Wildman–Crippen MR) is 137 cm³/mol. The Balaban J connectivity index is 1.82. The van der Waals surface area contributed by atoms with Gasteiger partial charge in [0.15, 0.2) is 6.04 Å². The number of hydrogen-bond donors (Lipinski definition) is 1. The van der Waals surface area contributed by atoms with Crippen molar-refractivity contribution in [3.63, 3.8) is 0 Å². The summed E-state index contributed by atoms with van der Waals surface area (Å²) in [6.07, 6.45) is 0. The quantitative estimate of drug-likeness (QED) is 0.395. The zero-order chi connectivity index (χ0) is 26.5. The molecule has 0 unspecified atom stereocenters. The Morgan fingerprint density at radius 1 is 1.00 bits per heavy atom. The molecule has 0 bridgehead atoms. The maximum Gasteiger partial charge on any atom is 0.353 e. The predicted octanol–water partition coefficient (Wildman–Crippen LogP) is 1.31. The smallest absolute Gasteiger partial charge is 0.353 e. The van der Waals surface area contributed by atoms with Crippen molar-refractivity contribution in [3.05, 3.63) is 81.6 Å². The van der Waals surface area contributed by atoms with Crippen LogP contribution in [-0.4, -0.2) is 55.6 Å². The van der Waals surface area contributed by atoms with Gasteiger partial charge in [-0.25, -0.2) is 33.6 Å². The minimum Gasteiger partial charge on any atom is -0.467 e. The van der Waals surface area contributed by atoms with Crippen LogP contribution in [0.3, 0.4) is 0 Å². The van der Waals surface area contributed by atoms with E-state index < -0.39 is 46.7 Å². The lowest BCUT2D eigenvalue weighted by atomic mass is 9.84. The molecule has 2 aliphatic rings. The summed E-state index contributed by atoms with van der Waals surface area (Å²) in [6.45, 7) is 3.69. The van der Waals surface area contributed by atoms with Gasteiger partial charge in [0.2, 0.25) is 11.4 Å². The number of hydrogen-bond acceptors (Lipinski definition) is 8. The number of methoxy groups -OCH3 is 1. The maximum absolute atomic E-state index is 14.3. The zero-order valence-corrected chi connectivity index (χ0v) is 21.0. The van der Waals surface area contributed by atoms with Gasteiger partial charge in [0.1, 0.15) is 11.0 Å². The van der Waals surface area contributed by atoms with Crippen LogP contribution in [0.4, 0.5) is 5.69 Å². The number of carbonyl (C=O) groups is 3. The Morgan fingerprint density at radius 2 is 1.59 bits per heavy atom. The number of nitrogens with one attached hydrogen (secondary N) is 1. The summed E-state index contributed by atoms with van der Waals surface area (Å²) >= 11 is 1.14. The first-order chi connectivity index (χ1) is 17.7. The van der Waals surface area contributed by atoms with Gasteiger partial charge in [0.25, 0.3) is 5.91 Å². The largest absolute Gasteiger partial charge is 0.467 e. The number of fused-ring (bicyclic) bond motifs is 1. The standard InChI is InChI=1S/C25H23N5O6S/c1-14(2)37-21-25(30-24(35)29(23(34)27-30)16-12-8-5-9-13-16)17(18(26-21)20(32)36-3)19(31)28(22(25)33)15-10-6-4-7-11-15/h4-14,17-18H,1-3H3,(H,27,34)/t17-,18+,25-/m1/s1. The van der Waals surface area contributed by atoms with Crippen LogP contribution in [-0.2, 0) is 24.7 Å². The van der Waals surface area contributed by atoms with Gasteiger partial charge in [-0.3, -0.25) is 14.6 Å². The van der Waals surface area contributed by atoms with Gasteiger partial charge in [-0.15, -0.1) is 11.8 Å². The Hall–Kier alpha value is -4.19. The lowest BCUT2D eigenvalue weighted by Crippen LogP contribution is -2.55. The second-order valence-electron chi connectivity index (χ2n) is 8.83. The number of aromatic amines is 1. The van der Waals surface area contributed by atoms with Crippen LogP contribution >= 0.6 is 11.8 Å². The Bertz CT molecular complexity index is 1540. The average molecular weight is 522 g/mol. The molecule has 0 radical (unpaired) electrons. The number of rotatable bonds is 5. The van der Waals surface area contributed by atoms with Crippen molar-refractivity contribution in [2.75, 3.05) is 12.0 Å². The Morgan fingerprint density at radius 3 is 2.16 bits per heavy atom. The maximum atomic E-state index is 14.3. The minimum absolute atomic E-state index is 0.0724. The summed E-state index contributed by atoms with van der Waals surface area (Å²) in [5.41, 5.74) is -3.23. The molecule has 2 amide bonds. The molecule has 2 aromatic carbocycles. The summed E-state index contributed by atoms with van der Waals surface area (Å²) in [5, 5.41) is 2.42. The number of carbonyl (C=O) groups excluding carboxylic acids is 3.